The lowest BCUT2D eigenvalue weighted by atomic mass is 10.1. The molecular formula is C23H31N5O4Si-. The van der Waals surface area contributed by atoms with Gasteiger partial charge in [0.2, 0.25) is 0 Å². The molecule has 2 aliphatic heterocycles. The summed E-state index contributed by atoms with van der Waals surface area (Å²) in [7, 11) is -1.23. The number of amides is 1. The molecule has 1 aromatic carbocycles. The first-order valence-electron chi connectivity index (χ1n) is 11.4. The van der Waals surface area contributed by atoms with E-state index in [1.54, 1.807) is 12.1 Å². The Hall–Kier alpha value is -2.98. The highest BCUT2D eigenvalue weighted by atomic mass is 28.3. The standard InChI is InChI=1S/C23H31N5O4Si/c1-17-4-7-21(24-22(17)27-8-12-32-13-9-27)25-23(29)19-6-5-18(28(30)31)16-20(19)26-10-14-33(2,3)15-11-26/h4-7,16H,8-15H2,1-3H3,(H,24,25,29)/q-1. The Kier molecular flexibility index (Phi) is 6.66. The molecule has 9 nitrogen and oxygen atoms in total. The van der Waals surface area contributed by atoms with Crippen LogP contribution in [0.5, 0.6) is 0 Å². The van der Waals surface area contributed by atoms with Crippen LogP contribution in [0.3, 0.4) is 0 Å². The molecule has 3 heterocycles. The monoisotopic (exact) mass is 469 g/mol. The second kappa shape index (κ2) is 9.48. The molecular weight excluding hydrogens is 438 g/mol. The Balaban J connectivity index is 1.60. The Morgan fingerprint density at radius 2 is 1.79 bits per heavy atom. The molecule has 2 fully saturated rings. The van der Waals surface area contributed by atoms with E-state index in [0.717, 1.165) is 49.6 Å². The molecule has 2 aromatic rings. The van der Waals surface area contributed by atoms with E-state index in [-0.39, 0.29) is 11.6 Å². The van der Waals surface area contributed by atoms with Gasteiger partial charge in [-0.05, 0) is 37.7 Å². The summed E-state index contributed by atoms with van der Waals surface area (Å²) < 4.78 is 5.43. The molecule has 10 heteroatoms. The third-order valence-electron chi connectivity index (χ3n) is 6.52. The van der Waals surface area contributed by atoms with Crippen molar-refractivity contribution in [3.05, 3.63) is 51.6 Å². The topological polar surface area (TPSA) is 101 Å². The lowest BCUT2D eigenvalue weighted by Crippen LogP contribution is -2.43. The number of carbonyl (C=O) groups is 1. The predicted octanol–water partition coefficient (Wildman–Crippen LogP) is 3.92. The fraction of sp³-hybridized carbons (Fsp3) is 0.478. The number of aryl methyl sites for hydroxylation is 1. The van der Waals surface area contributed by atoms with Crippen LogP contribution in [-0.4, -0.2) is 63.3 Å². The van der Waals surface area contributed by atoms with E-state index in [9.17, 15) is 14.9 Å². The zero-order chi connectivity index (χ0) is 23.6. The van der Waals surface area contributed by atoms with Crippen LogP contribution in [0.4, 0.5) is 23.0 Å². The maximum Gasteiger partial charge on any atom is 0.271 e. The quantitative estimate of drug-likeness (QED) is 0.402. The molecule has 1 N–H and O–H groups in total. The number of rotatable bonds is 5. The number of carbonyl (C=O) groups excluding carboxylic acids is 1. The van der Waals surface area contributed by atoms with Gasteiger partial charge in [0.1, 0.15) is 11.6 Å². The van der Waals surface area contributed by atoms with Crippen LogP contribution in [0.15, 0.2) is 30.3 Å². The van der Waals surface area contributed by atoms with Crippen molar-refractivity contribution in [3.63, 3.8) is 0 Å². The van der Waals surface area contributed by atoms with Crippen LogP contribution < -0.4 is 15.1 Å². The van der Waals surface area contributed by atoms with Crippen molar-refractivity contribution in [1.29, 1.82) is 0 Å². The smallest absolute Gasteiger partial charge is 0.271 e. The van der Waals surface area contributed by atoms with Gasteiger partial charge in [0.05, 0.1) is 29.4 Å². The van der Waals surface area contributed by atoms with Gasteiger partial charge >= 0.3 is 0 Å². The molecule has 0 radical (unpaired) electrons. The lowest BCUT2D eigenvalue weighted by molar-refractivity contribution is -0.384. The Labute approximate surface area is 194 Å². The number of morpholine rings is 1. The molecule has 2 aliphatic rings. The molecule has 0 bridgehead atoms. The van der Waals surface area contributed by atoms with Gasteiger partial charge in [-0.25, -0.2) is 4.98 Å². The summed E-state index contributed by atoms with van der Waals surface area (Å²) in [6.07, 6.45) is 0. The summed E-state index contributed by atoms with van der Waals surface area (Å²) in [5, 5.41) is 14.3. The normalized spacial score (nSPS) is 18.2. The van der Waals surface area contributed by atoms with Crippen molar-refractivity contribution < 1.29 is 14.5 Å². The summed E-state index contributed by atoms with van der Waals surface area (Å²) in [4.78, 5) is 33.2. The van der Waals surface area contributed by atoms with Crippen molar-refractivity contribution in [2.24, 2.45) is 0 Å². The van der Waals surface area contributed by atoms with Crippen molar-refractivity contribution in [1.82, 2.24) is 4.98 Å². The number of benzene rings is 1. The van der Waals surface area contributed by atoms with Gasteiger partial charge in [0, 0.05) is 25.2 Å². The van der Waals surface area contributed by atoms with Crippen LogP contribution in [0.1, 0.15) is 15.9 Å². The number of hydrogen-bond acceptors (Lipinski definition) is 7. The van der Waals surface area contributed by atoms with Gasteiger partial charge in [0.25, 0.3) is 11.6 Å². The molecule has 33 heavy (non-hydrogen) atoms. The summed E-state index contributed by atoms with van der Waals surface area (Å²) in [6, 6.07) is 10.4. The molecule has 4 rings (SSSR count). The van der Waals surface area contributed by atoms with Crippen LogP contribution in [-0.2, 0) is 4.74 Å². The number of nitrogens with zero attached hydrogens (tertiary/aromatic N) is 4. The fourth-order valence-corrected chi connectivity index (χ4v) is 6.31. The lowest BCUT2D eigenvalue weighted by Gasteiger charge is -2.45. The molecule has 1 aromatic heterocycles. The number of nitrogens with one attached hydrogen (secondary N) is 1. The maximum absolute atomic E-state index is 13.3. The van der Waals surface area contributed by atoms with E-state index >= 15 is 0 Å². The highest BCUT2D eigenvalue weighted by molar-refractivity contribution is 6.77. The van der Waals surface area contributed by atoms with Crippen molar-refractivity contribution in [3.8, 4) is 0 Å². The Morgan fingerprint density at radius 3 is 2.45 bits per heavy atom. The van der Waals surface area contributed by atoms with Gasteiger partial charge in [-0.2, -0.15) is 13.1 Å². The molecule has 2 saturated heterocycles. The molecule has 0 atom stereocenters. The average molecular weight is 470 g/mol. The van der Waals surface area contributed by atoms with E-state index < -0.39 is 13.0 Å². The van der Waals surface area contributed by atoms with Crippen LogP contribution in [0.2, 0.25) is 25.2 Å². The van der Waals surface area contributed by atoms with E-state index in [1.165, 1.54) is 12.1 Å². The largest absolute Gasteiger partial charge is 0.378 e. The predicted molar refractivity (Wildman–Crippen MR) is 132 cm³/mol. The molecule has 0 spiro atoms. The minimum atomic E-state index is -1.23. The molecule has 177 valence electrons. The Morgan fingerprint density at radius 1 is 1.09 bits per heavy atom. The van der Waals surface area contributed by atoms with Crippen molar-refractivity contribution >= 4 is 37.0 Å². The third-order valence-corrected chi connectivity index (χ3v) is 9.67. The number of nitro benzene ring substituents is 1. The SMILES string of the molecule is Cc1ccc(NC(=O)c2ccc([N+](=O)[O-])cc2N2CC[Si-](C)(C)CC2)nc1N1CCOCC1. The highest BCUT2D eigenvalue weighted by Crippen LogP contribution is 2.32. The highest BCUT2D eigenvalue weighted by Gasteiger charge is 2.25. The summed E-state index contributed by atoms with van der Waals surface area (Å²) in [5.74, 6) is 0.984. The zero-order valence-corrected chi connectivity index (χ0v) is 20.5. The summed E-state index contributed by atoms with van der Waals surface area (Å²) >= 11 is 0. The fourth-order valence-electron chi connectivity index (χ4n) is 4.31. The van der Waals surface area contributed by atoms with Gasteiger partial charge in [-0.1, -0.05) is 6.07 Å². The Bertz CT molecular complexity index is 1050. The van der Waals surface area contributed by atoms with E-state index in [0.29, 0.717) is 30.3 Å². The second-order valence-corrected chi connectivity index (χ2v) is 14.8. The summed E-state index contributed by atoms with van der Waals surface area (Å²) in [5.41, 5.74) is 2.07. The third kappa shape index (κ3) is 5.33. The minimum absolute atomic E-state index is 0.00769. The number of ether oxygens (including phenoxy) is 1. The van der Waals surface area contributed by atoms with E-state index in [1.807, 2.05) is 13.0 Å². The number of nitro groups is 1. The number of pyridine rings is 1. The second-order valence-electron chi connectivity index (χ2n) is 9.50. The van der Waals surface area contributed by atoms with Gasteiger partial charge in [0.15, 0.2) is 0 Å². The van der Waals surface area contributed by atoms with Crippen molar-refractivity contribution in [2.45, 2.75) is 32.1 Å². The van der Waals surface area contributed by atoms with Gasteiger partial charge in [-0.15, -0.1) is 20.2 Å². The minimum Gasteiger partial charge on any atom is -0.378 e. The van der Waals surface area contributed by atoms with Crippen LogP contribution in [0, 0.1) is 17.0 Å². The van der Waals surface area contributed by atoms with Crippen molar-refractivity contribution in [2.75, 3.05) is 54.5 Å². The number of aromatic nitrogens is 1. The first-order valence-corrected chi connectivity index (χ1v) is 14.8. The van der Waals surface area contributed by atoms with Gasteiger partial charge in [-0.3, -0.25) is 14.9 Å². The van der Waals surface area contributed by atoms with Gasteiger partial charge < -0.3 is 19.9 Å². The molecule has 0 aliphatic carbocycles. The first-order chi connectivity index (χ1) is 15.7. The number of non-ortho nitro benzene ring substituents is 1. The zero-order valence-electron chi connectivity index (χ0n) is 19.5. The molecule has 1 amide bonds. The maximum atomic E-state index is 13.3. The number of anilines is 3. The molecule has 0 unspecified atom stereocenters. The summed E-state index contributed by atoms with van der Waals surface area (Å²) in [6.45, 7) is 11.2. The van der Waals surface area contributed by atoms with Crippen LogP contribution >= 0.6 is 0 Å². The average Bonchev–Trinajstić information content (AvgIpc) is 2.80. The van der Waals surface area contributed by atoms with Crippen LogP contribution in [0.25, 0.3) is 0 Å². The van der Waals surface area contributed by atoms with E-state index in [4.69, 9.17) is 9.72 Å². The number of hydrogen-bond donors (Lipinski definition) is 1. The molecule has 0 saturated carbocycles. The van der Waals surface area contributed by atoms with E-state index in [2.05, 4.69) is 28.2 Å². The first kappa shape index (κ1) is 23.2.